The lowest BCUT2D eigenvalue weighted by Gasteiger charge is -2.34. The molecular weight excluding hydrogens is 212 g/mol. The van der Waals surface area contributed by atoms with E-state index in [4.69, 9.17) is 4.74 Å². The van der Waals surface area contributed by atoms with E-state index in [1.807, 2.05) is 0 Å². The number of rotatable bonds is 5. The molecule has 17 heavy (non-hydrogen) atoms. The minimum absolute atomic E-state index is 0.0214. The van der Waals surface area contributed by atoms with Crippen LogP contribution in [0.3, 0.4) is 0 Å². The van der Waals surface area contributed by atoms with Gasteiger partial charge in [-0.25, -0.2) is 0 Å². The van der Waals surface area contributed by atoms with E-state index < -0.39 is 0 Å². The predicted octanol–water partition coefficient (Wildman–Crippen LogP) is 4.18. The van der Waals surface area contributed by atoms with Crippen LogP contribution in [-0.2, 0) is 9.53 Å². The largest absolute Gasteiger partial charge is 0.462 e. The number of ether oxygens (including phenoxy) is 1. The molecule has 1 rings (SSSR count). The number of hydrogen-bond acceptors (Lipinski definition) is 2. The van der Waals surface area contributed by atoms with Crippen molar-refractivity contribution in [3.8, 4) is 0 Å². The average molecular weight is 240 g/mol. The summed E-state index contributed by atoms with van der Waals surface area (Å²) < 4.78 is 5.70. The number of carbonyl (C=O) groups is 1. The molecule has 0 aromatic rings. The minimum atomic E-state index is -0.323. The second-order valence-corrected chi connectivity index (χ2v) is 6.48. The highest BCUT2D eigenvalue weighted by Crippen LogP contribution is 2.37. The van der Waals surface area contributed by atoms with Crippen molar-refractivity contribution < 1.29 is 9.53 Å². The first-order valence-corrected chi connectivity index (χ1v) is 7.07. The van der Waals surface area contributed by atoms with Crippen LogP contribution in [0.15, 0.2) is 0 Å². The third-order valence-electron chi connectivity index (χ3n) is 4.15. The molecule has 0 heterocycles. The zero-order valence-electron chi connectivity index (χ0n) is 12.1. The van der Waals surface area contributed by atoms with Gasteiger partial charge in [-0.2, -0.15) is 0 Å². The van der Waals surface area contributed by atoms with Crippen molar-refractivity contribution in [1.29, 1.82) is 0 Å². The highest BCUT2D eigenvalue weighted by atomic mass is 16.5. The van der Waals surface area contributed by atoms with E-state index in [1.165, 1.54) is 12.8 Å². The lowest BCUT2D eigenvalue weighted by molar-refractivity contribution is -0.164. The first kappa shape index (κ1) is 14.5. The van der Waals surface area contributed by atoms with Crippen molar-refractivity contribution in [1.82, 2.24) is 0 Å². The lowest BCUT2D eigenvalue weighted by atomic mass is 9.73. The monoisotopic (exact) mass is 240 g/mol. The van der Waals surface area contributed by atoms with Crippen molar-refractivity contribution in [3.05, 3.63) is 0 Å². The summed E-state index contributed by atoms with van der Waals surface area (Å²) >= 11 is 0. The van der Waals surface area contributed by atoms with E-state index >= 15 is 0 Å². The van der Waals surface area contributed by atoms with E-state index in [9.17, 15) is 4.79 Å². The van der Waals surface area contributed by atoms with Gasteiger partial charge in [0.15, 0.2) is 0 Å². The first-order valence-electron chi connectivity index (χ1n) is 7.07. The van der Waals surface area contributed by atoms with Crippen molar-refractivity contribution in [2.24, 2.45) is 17.3 Å². The summed E-state index contributed by atoms with van der Waals surface area (Å²) in [5.74, 6) is 0.880. The number of hydrogen-bond donors (Lipinski definition) is 0. The van der Waals surface area contributed by atoms with E-state index in [0.717, 1.165) is 19.3 Å². The third-order valence-corrected chi connectivity index (χ3v) is 4.15. The highest BCUT2D eigenvalue weighted by Gasteiger charge is 2.40. The number of carbonyl (C=O) groups excluding carboxylic acids is 1. The van der Waals surface area contributed by atoms with Crippen LogP contribution in [0.1, 0.15) is 66.7 Å². The molecular formula is C15H28O2. The molecule has 2 nitrogen and oxygen atoms in total. The van der Waals surface area contributed by atoms with Gasteiger partial charge in [-0.05, 0) is 50.9 Å². The maximum atomic E-state index is 12.4. The topological polar surface area (TPSA) is 26.3 Å². The van der Waals surface area contributed by atoms with Crippen LogP contribution in [0.25, 0.3) is 0 Å². The van der Waals surface area contributed by atoms with Gasteiger partial charge in [0.1, 0.15) is 6.10 Å². The zero-order valence-corrected chi connectivity index (χ0v) is 12.1. The van der Waals surface area contributed by atoms with Crippen LogP contribution in [0.2, 0.25) is 0 Å². The maximum absolute atomic E-state index is 12.4. The summed E-state index contributed by atoms with van der Waals surface area (Å²) in [7, 11) is 0. The highest BCUT2D eigenvalue weighted by molar-refractivity contribution is 5.77. The van der Waals surface area contributed by atoms with E-state index in [2.05, 4.69) is 34.6 Å². The molecule has 2 heteroatoms. The SMILES string of the molecule is CC(C)CC(C)(C(=O)OC1CCCC1)C(C)C. The molecule has 1 unspecified atom stereocenters. The molecule has 1 aliphatic rings. The Morgan fingerprint density at radius 2 is 1.76 bits per heavy atom. The minimum Gasteiger partial charge on any atom is -0.462 e. The second kappa shape index (κ2) is 5.88. The van der Waals surface area contributed by atoms with Gasteiger partial charge < -0.3 is 4.74 Å². The van der Waals surface area contributed by atoms with Gasteiger partial charge in [-0.15, -0.1) is 0 Å². The predicted molar refractivity (Wildman–Crippen MR) is 70.7 cm³/mol. The summed E-state index contributed by atoms with van der Waals surface area (Å²) in [6.07, 6.45) is 5.63. The van der Waals surface area contributed by atoms with Crippen LogP contribution < -0.4 is 0 Å². The van der Waals surface area contributed by atoms with Crippen LogP contribution >= 0.6 is 0 Å². The van der Waals surface area contributed by atoms with Gasteiger partial charge in [0.2, 0.25) is 0 Å². The van der Waals surface area contributed by atoms with Gasteiger partial charge in [0.05, 0.1) is 5.41 Å². The fraction of sp³-hybridized carbons (Fsp3) is 0.933. The number of esters is 1. The molecule has 0 aromatic carbocycles. The lowest BCUT2D eigenvalue weighted by Crippen LogP contribution is -2.38. The molecule has 1 atom stereocenters. The van der Waals surface area contributed by atoms with Crippen LogP contribution in [0.4, 0.5) is 0 Å². The molecule has 0 aromatic heterocycles. The Balaban J connectivity index is 2.65. The van der Waals surface area contributed by atoms with E-state index in [0.29, 0.717) is 11.8 Å². The van der Waals surface area contributed by atoms with Gasteiger partial charge in [0.25, 0.3) is 0 Å². The quantitative estimate of drug-likeness (QED) is 0.674. The second-order valence-electron chi connectivity index (χ2n) is 6.48. The Kier molecular flexibility index (Phi) is 5.03. The third kappa shape index (κ3) is 3.72. The molecule has 0 N–H and O–H groups in total. The molecule has 0 spiro atoms. The summed E-state index contributed by atoms with van der Waals surface area (Å²) in [6, 6.07) is 0. The molecule has 1 aliphatic carbocycles. The normalized spacial score (nSPS) is 20.9. The van der Waals surface area contributed by atoms with Crippen molar-refractivity contribution >= 4 is 5.97 Å². The summed E-state index contributed by atoms with van der Waals surface area (Å²) in [4.78, 5) is 12.4. The molecule has 0 saturated heterocycles. The summed E-state index contributed by atoms with van der Waals surface area (Å²) in [6.45, 7) is 10.7. The van der Waals surface area contributed by atoms with Gasteiger partial charge in [-0.3, -0.25) is 4.79 Å². The molecule has 0 bridgehead atoms. The Morgan fingerprint density at radius 3 is 2.18 bits per heavy atom. The van der Waals surface area contributed by atoms with Crippen LogP contribution in [-0.4, -0.2) is 12.1 Å². The standard InChI is InChI=1S/C15H28O2/c1-11(2)10-15(5,12(3)4)14(16)17-13-8-6-7-9-13/h11-13H,6-10H2,1-5H3. The Hall–Kier alpha value is -0.530. The van der Waals surface area contributed by atoms with E-state index in [-0.39, 0.29) is 17.5 Å². The van der Waals surface area contributed by atoms with Crippen molar-refractivity contribution in [2.45, 2.75) is 72.8 Å². The van der Waals surface area contributed by atoms with E-state index in [1.54, 1.807) is 0 Å². The molecule has 1 saturated carbocycles. The summed E-state index contributed by atoms with van der Waals surface area (Å²) in [5.41, 5.74) is -0.323. The molecule has 0 aliphatic heterocycles. The van der Waals surface area contributed by atoms with Crippen molar-refractivity contribution in [3.63, 3.8) is 0 Å². The van der Waals surface area contributed by atoms with Gasteiger partial charge in [-0.1, -0.05) is 27.7 Å². The Labute approximate surface area is 106 Å². The average Bonchev–Trinajstić information content (AvgIpc) is 2.68. The fourth-order valence-corrected chi connectivity index (χ4v) is 2.70. The smallest absolute Gasteiger partial charge is 0.312 e. The Morgan fingerprint density at radius 1 is 1.24 bits per heavy atom. The van der Waals surface area contributed by atoms with Crippen molar-refractivity contribution in [2.75, 3.05) is 0 Å². The van der Waals surface area contributed by atoms with Gasteiger partial charge >= 0.3 is 5.97 Å². The molecule has 1 fully saturated rings. The maximum Gasteiger partial charge on any atom is 0.312 e. The van der Waals surface area contributed by atoms with Gasteiger partial charge in [0, 0.05) is 0 Å². The fourth-order valence-electron chi connectivity index (χ4n) is 2.70. The summed E-state index contributed by atoms with van der Waals surface area (Å²) in [5, 5.41) is 0. The zero-order chi connectivity index (χ0) is 13.1. The molecule has 0 radical (unpaired) electrons. The first-order chi connectivity index (χ1) is 7.86. The van der Waals surface area contributed by atoms with Crippen LogP contribution in [0.5, 0.6) is 0 Å². The van der Waals surface area contributed by atoms with Crippen LogP contribution in [0, 0.1) is 17.3 Å². The molecule has 0 amide bonds. The molecule has 100 valence electrons. The Bertz CT molecular complexity index is 252.